The topological polar surface area (TPSA) is 75.6 Å². The van der Waals surface area contributed by atoms with E-state index >= 15 is 0 Å². The van der Waals surface area contributed by atoms with Gasteiger partial charge in [0.2, 0.25) is 0 Å². The van der Waals surface area contributed by atoms with Gasteiger partial charge in [-0.15, -0.1) is 0 Å². The fraction of sp³-hybridized carbons (Fsp3) is 0.333. The van der Waals surface area contributed by atoms with Crippen LogP contribution in [0, 0.1) is 0 Å². The molecule has 0 aliphatic heterocycles. The number of nitrogens with one attached hydrogen (secondary N) is 1. The molecule has 0 spiro atoms. The Bertz CT molecular complexity index is 417. The Morgan fingerprint density at radius 1 is 1.41 bits per heavy atom. The molecular weight excluding hydrogens is 222 g/mol. The summed E-state index contributed by atoms with van der Waals surface area (Å²) < 4.78 is 4.56. The molecule has 0 aromatic heterocycles. The summed E-state index contributed by atoms with van der Waals surface area (Å²) in [6.45, 7) is 1.97. The molecule has 0 radical (unpaired) electrons. The van der Waals surface area contributed by atoms with Crippen molar-refractivity contribution in [2.24, 2.45) is 0 Å². The van der Waals surface area contributed by atoms with Gasteiger partial charge in [-0.05, 0) is 18.6 Å². The summed E-state index contributed by atoms with van der Waals surface area (Å²) in [5, 5.41) is 11.9. The van der Waals surface area contributed by atoms with Crippen LogP contribution in [-0.4, -0.2) is 30.2 Å². The number of carboxylic acids is 1. The van der Waals surface area contributed by atoms with Crippen molar-refractivity contribution in [2.75, 3.05) is 7.11 Å². The van der Waals surface area contributed by atoms with Gasteiger partial charge in [-0.3, -0.25) is 4.79 Å². The highest BCUT2D eigenvalue weighted by molar-refractivity contribution is 5.89. The SMILES string of the molecule is COC(=O)C(C)NCc1ccccc1C(=O)O. The minimum absolute atomic E-state index is 0.233. The van der Waals surface area contributed by atoms with E-state index in [9.17, 15) is 9.59 Å². The summed E-state index contributed by atoms with van der Waals surface area (Å²) in [5.74, 6) is -1.36. The van der Waals surface area contributed by atoms with Gasteiger partial charge in [0.05, 0.1) is 12.7 Å². The maximum Gasteiger partial charge on any atom is 0.336 e. The van der Waals surface area contributed by atoms with Crippen molar-refractivity contribution in [3.8, 4) is 0 Å². The number of methoxy groups -OCH3 is 1. The minimum Gasteiger partial charge on any atom is -0.478 e. The van der Waals surface area contributed by atoms with Crippen molar-refractivity contribution in [1.29, 1.82) is 0 Å². The highest BCUT2D eigenvalue weighted by Gasteiger charge is 2.14. The van der Waals surface area contributed by atoms with E-state index in [4.69, 9.17) is 5.11 Å². The third-order valence-corrected chi connectivity index (χ3v) is 2.40. The first kappa shape index (κ1) is 13.2. The van der Waals surface area contributed by atoms with Crippen LogP contribution in [0.4, 0.5) is 0 Å². The predicted octanol–water partition coefficient (Wildman–Crippen LogP) is 1.04. The molecular formula is C12H15NO4. The minimum atomic E-state index is -0.979. The van der Waals surface area contributed by atoms with Crippen LogP contribution in [0.2, 0.25) is 0 Å². The number of benzene rings is 1. The van der Waals surface area contributed by atoms with Crippen molar-refractivity contribution in [1.82, 2.24) is 5.32 Å². The number of carbonyl (C=O) groups is 2. The Morgan fingerprint density at radius 2 is 2.06 bits per heavy atom. The lowest BCUT2D eigenvalue weighted by molar-refractivity contribution is -0.142. The number of hydrogen-bond donors (Lipinski definition) is 2. The molecule has 1 aromatic carbocycles. The van der Waals surface area contributed by atoms with Crippen molar-refractivity contribution >= 4 is 11.9 Å². The third kappa shape index (κ3) is 3.57. The molecule has 1 atom stereocenters. The molecule has 0 aliphatic rings. The molecule has 1 rings (SSSR count). The third-order valence-electron chi connectivity index (χ3n) is 2.40. The maximum absolute atomic E-state index is 11.2. The highest BCUT2D eigenvalue weighted by Crippen LogP contribution is 2.08. The number of esters is 1. The lowest BCUT2D eigenvalue weighted by Gasteiger charge is -2.12. The van der Waals surface area contributed by atoms with E-state index in [0.717, 1.165) is 0 Å². The van der Waals surface area contributed by atoms with E-state index in [2.05, 4.69) is 10.1 Å². The van der Waals surface area contributed by atoms with Crippen LogP contribution < -0.4 is 5.32 Å². The van der Waals surface area contributed by atoms with E-state index in [-0.39, 0.29) is 11.5 Å². The van der Waals surface area contributed by atoms with Gasteiger partial charge >= 0.3 is 11.9 Å². The van der Waals surface area contributed by atoms with Crippen LogP contribution in [0.1, 0.15) is 22.8 Å². The largest absolute Gasteiger partial charge is 0.478 e. The molecule has 0 aliphatic carbocycles. The second-order valence-electron chi connectivity index (χ2n) is 3.59. The van der Waals surface area contributed by atoms with Gasteiger partial charge in [0.25, 0.3) is 0 Å². The van der Waals surface area contributed by atoms with Crippen LogP contribution in [0.5, 0.6) is 0 Å². The molecule has 1 aromatic rings. The number of hydrogen-bond acceptors (Lipinski definition) is 4. The van der Waals surface area contributed by atoms with Gasteiger partial charge < -0.3 is 15.2 Å². The zero-order valence-corrected chi connectivity index (χ0v) is 9.77. The Labute approximate surface area is 99.4 Å². The van der Waals surface area contributed by atoms with Gasteiger partial charge in [-0.25, -0.2) is 4.79 Å². The first-order valence-electron chi connectivity index (χ1n) is 5.18. The molecule has 0 bridgehead atoms. The average molecular weight is 237 g/mol. The van der Waals surface area contributed by atoms with Crippen LogP contribution in [0.15, 0.2) is 24.3 Å². The van der Waals surface area contributed by atoms with Crippen LogP contribution in [-0.2, 0) is 16.1 Å². The van der Waals surface area contributed by atoms with Crippen molar-refractivity contribution in [3.63, 3.8) is 0 Å². The van der Waals surface area contributed by atoms with E-state index in [1.165, 1.54) is 13.2 Å². The molecule has 5 heteroatoms. The van der Waals surface area contributed by atoms with Crippen molar-refractivity contribution < 1.29 is 19.4 Å². The quantitative estimate of drug-likeness (QED) is 0.748. The highest BCUT2D eigenvalue weighted by atomic mass is 16.5. The number of aromatic carboxylic acids is 1. The first-order chi connectivity index (χ1) is 8.06. The molecule has 0 amide bonds. The zero-order valence-electron chi connectivity index (χ0n) is 9.77. The molecule has 0 heterocycles. The summed E-state index contributed by atoms with van der Waals surface area (Å²) >= 11 is 0. The van der Waals surface area contributed by atoms with Gasteiger partial charge in [-0.1, -0.05) is 18.2 Å². The van der Waals surface area contributed by atoms with Gasteiger partial charge in [-0.2, -0.15) is 0 Å². The second kappa shape index (κ2) is 6.00. The standard InChI is InChI=1S/C12H15NO4/c1-8(12(16)17-2)13-7-9-5-3-4-6-10(9)11(14)15/h3-6,8,13H,7H2,1-2H3,(H,14,15). The van der Waals surface area contributed by atoms with E-state index < -0.39 is 12.0 Å². The summed E-state index contributed by atoms with van der Waals surface area (Å²) in [4.78, 5) is 22.1. The van der Waals surface area contributed by atoms with Crippen LogP contribution in [0.25, 0.3) is 0 Å². The Morgan fingerprint density at radius 3 is 2.65 bits per heavy atom. The normalized spacial score (nSPS) is 11.9. The Kier molecular flexibility index (Phi) is 4.66. The second-order valence-corrected chi connectivity index (χ2v) is 3.59. The number of carbonyl (C=O) groups excluding carboxylic acids is 1. The lowest BCUT2D eigenvalue weighted by atomic mass is 10.1. The van der Waals surface area contributed by atoms with Gasteiger partial charge in [0, 0.05) is 6.54 Å². The predicted molar refractivity (Wildman–Crippen MR) is 61.7 cm³/mol. The smallest absolute Gasteiger partial charge is 0.336 e. The Balaban J connectivity index is 2.69. The molecule has 0 saturated heterocycles. The number of carboxylic acid groups (broad SMARTS) is 1. The fourth-order valence-corrected chi connectivity index (χ4v) is 1.41. The molecule has 92 valence electrons. The molecule has 2 N–H and O–H groups in total. The zero-order chi connectivity index (χ0) is 12.8. The summed E-state index contributed by atoms with van der Waals surface area (Å²) in [6.07, 6.45) is 0. The molecule has 5 nitrogen and oxygen atoms in total. The van der Waals surface area contributed by atoms with Gasteiger partial charge in [0.15, 0.2) is 0 Å². The van der Waals surface area contributed by atoms with E-state index in [1.807, 2.05) is 0 Å². The summed E-state index contributed by atoms with van der Waals surface area (Å²) in [5.41, 5.74) is 0.868. The maximum atomic E-state index is 11.2. The molecule has 0 saturated carbocycles. The van der Waals surface area contributed by atoms with Gasteiger partial charge in [0.1, 0.15) is 6.04 Å². The number of rotatable bonds is 5. The van der Waals surface area contributed by atoms with E-state index in [1.54, 1.807) is 25.1 Å². The Hall–Kier alpha value is -1.88. The van der Waals surface area contributed by atoms with E-state index in [0.29, 0.717) is 12.1 Å². The first-order valence-corrected chi connectivity index (χ1v) is 5.18. The van der Waals surface area contributed by atoms with Crippen molar-refractivity contribution in [3.05, 3.63) is 35.4 Å². The number of ether oxygens (including phenoxy) is 1. The summed E-state index contributed by atoms with van der Waals surface area (Å²) in [7, 11) is 1.31. The molecule has 17 heavy (non-hydrogen) atoms. The van der Waals surface area contributed by atoms with Crippen LogP contribution >= 0.6 is 0 Å². The fourth-order valence-electron chi connectivity index (χ4n) is 1.41. The molecule has 1 unspecified atom stereocenters. The van der Waals surface area contributed by atoms with Crippen LogP contribution in [0.3, 0.4) is 0 Å². The molecule has 0 fully saturated rings. The average Bonchev–Trinajstić information content (AvgIpc) is 2.35. The lowest BCUT2D eigenvalue weighted by Crippen LogP contribution is -2.34. The summed E-state index contributed by atoms with van der Waals surface area (Å²) in [6, 6.07) is 6.19. The monoisotopic (exact) mass is 237 g/mol. The van der Waals surface area contributed by atoms with Crippen molar-refractivity contribution in [2.45, 2.75) is 19.5 Å².